The average molecular weight is 220 g/mol. The molecule has 1 aliphatic rings. The Bertz CT molecular complexity index is 412. The van der Waals surface area contributed by atoms with Crippen molar-refractivity contribution in [1.82, 2.24) is 0 Å². The number of benzene rings is 1. The fraction of sp³-hybridized carbons (Fsp3) is 0.364. The van der Waals surface area contributed by atoms with Crippen molar-refractivity contribution in [3.63, 3.8) is 0 Å². The molecule has 84 valence electrons. The zero-order valence-electron chi connectivity index (χ0n) is 8.76. The van der Waals surface area contributed by atoms with Crippen molar-refractivity contribution in [2.24, 2.45) is 4.99 Å². The Kier molecular flexibility index (Phi) is 3.14. The lowest BCUT2D eigenvalue weighted by Gasteiger charge is -2.05. The minimum atomic E-state index is -0.417. The summed E-state index contributed by atoms with van der Waals surface area (Å²) in [4.78, 5) is 14.4. The molecule has 1 aromatic carbocycles. The molecule has 2 rings (SSSR count). The second kappa shape index (κ2) is 4.74. The van der Waals surface area contributed by atoms with Gasteiger partial charge < -0.3 is 4.74 Å². The van der Waals surface area contributed by atoms with Crippen LogP contribution in [-0.2, 0) is 4.74 Å². The minimum absolute atomic E-state index is 0.0815. The first-order chi connectivity index (χ1) is 7.77. The largest absolute Gasteiger partial charge is 0.477 e. The predicted molar refractivity (Wildman–Crippen MR) is 59.7 cm³/mol. The van der Waals surface area contributed by atoms with Gasteiger partial charge >= 0.3 is 0 Å². The van der Waals surface area contributed by atoms with Gasteiger partial charge in [-0.25, -0.2) is 0 Å². The van der Waals surface area contributed by atoms with Crippen LogP contribution in [0.5, 0.6) is 0 Å². The lowest BCUT2D eigenvalue weighted by Crippen LogP contribution is -2.06. The van der Waals surface area contributed by atoms with Gasteiger partial charge in [0.15, 0.2) is 0 Å². The number of nitrogens with zero attached hydrogens (tertiary/aromatic N) is 2. The lowest BCUT2D eigenvalue weighted by molar-refractivity contribution is -0.384. The number of ether oxygens (including phenoxy) is 1. The van der Waals surface area contributed by atoms with E-state index >= 15 is 0 Å². The zero-order valence-corrected chi connectivity index (χ0v) is 8.76. The van der Waals surface area contributed by atoms with Gasteiger partial charge in [0.1, 0.15) is 0 Å². The standard InChI is InChI=1S/C11H12N2O3/c14-13(15)10-5-3-9(4-6-10)11-12-7-1-2-8-16-11/h3-6H,1-2,7-8H2. The summed E-state index contributed by atoms with van der Waals surface area (Å²) < 4.78 is 5.47. The summed E-state index contributed by atoms with van der Waals surface area (Å²) in [5.74, 6) is 0.590. The van der Waals surface area contributed by atoms with Crippen molar-refractivity contribution < 1.29 is 9.66 Å². The SMILES string of the molecule is O=[N+]([O-])c1ccc(C2=NCCCCO2)cc1. The fourth-order valence-corrected chi connectivity index (χ4v) is 1.51. The van der Waals surface area contributed by atoms with Crippen LogP contribution in [0, 0.1) is 10.1 Å². The molecular weight excluding hydrogens is 208 g/mol. The quantitative estimate of drug-likeness (QED) is 0.566. The maximum atomic E-state index is 10.5. The molecule has 0 atom stereocenters. The van der Waals surface area contributed by atoms with Crippen LogP contribution in [0.1, 0.15) is 18.4 Å². The van der Waals surface area contributed by atoms with Gasteiger partial charge in [-0.05, 0) is 25.0 Å². The van der Waals surface area contributed by atoms with E-state index in [-0.39, 0.29) is 5.69 Å². The molecule has 0 saturated carbocycles. The third-order valence-corrected chi connectivity index (χ3v) is 2.37. The molecule has 16 heavy (non-hydrogen) atoms. The molecule has 5 heteroatoms. The summed E-state index contributed by atoms with van der Waals surface area (Å²) in [6, 6.07) is 6.27. The van der Waals surface area contributed by atoms with E-state index in [1.54, 1.807) is 12.1 Å². The van der Waals surface area contributed by atoms with Gasteiger partial charge in [-0.1, -0.05) is 0 Å². The first kappa shape index (κ1) is 10.6. The van der Waals surface area contributed by atoms with Crippen molar-refractivity contribution in [2.75, 3.05) is 13.2 Å². The first-order valence-corrected chi connectivity index (χ1v) is 5.19. The summed E-state index contributed by atoms with van der Waals surface area (Å²) in [6.07, 6.45) is 2.02. The molecule has 0 radical (unpaired) electrons. The highest BCUT2D eigenvalue weighted by Gasteiger charge is 2.10. The molecule has 1 heterocycles. The van der Waals surface area contributed by atoms with E-state index in [2.05, 4.69) is 4.99 Å². The Morgan fingerprint density at radius 3 is 2.69 bits per heavy atom. The van der Waals surface area contributed by atoms with Crippen LogP contribution >= 0.6 is 0 Å². The highest BCUT2D eigenvalue weighted by atomic mass is 16.6. The van der Waals surface area contributed by atoms with Crippen molar-refractivity contribution in [3.8, 4) is 0 Å². The molecule has 5 nitrogen and oxygen atoms in total. The van der Waals surface area contributed by atoms with Gasteiger partial charge in [0.25, 0.3) is 5.69 Å². The zero-order chi connectivity index (χ0) is 11.4. The Hall–Kier alpha value is -1.91. The summed E-state index contributed by atoms with van der Waals surface area (Å²) in [7, 11) is 0. The summed E-state index contributed by atoms with van der Waals surface area (Å²) in [5, 5.41) is 10.5. The lowest BCUT2D eigenvalue weighted by atomic mass is 10.2. The predicted octanol–water partition coefficient (Wildman–Crippen LogP) is 2.15. The summed E-state index contributed by atoms with van der Waals surface area (Å²) in [6.45, 7) is 1.42. The molecule has 0 spiro atoms. The smallest absolute Gasteiger partial charge is 0.269 e. The third kappa shape index (κ3) is 2.36. The van der Waals surface area contributed by atoms with E-state index in [1.165, 1.54) is 12.1 Å². The molecule has 0 amide bonds. The number of hydrogen-bond acceptors (Lipinski definition) is 4. The maximum absolute atomic E-state index is 10.5. The Balaban J connectivity index is 2.20. The molecule has 0 saturated heterocycles. The van der Waals surface area contributed by atoms with E-state index in [9.17, 15) is 10.1 Å². The second-order valence-electron chi connectivity index (χ2n) is 3.55. The van der Waals surface area contributed by atoms with E-state index in [4.69, 9.17) is 4.74 Å². The second-order valence-corrected chi connectivity index (χ2v) is 3.55. The average Bonchev–Trinajstić information content (AvgIpc) is 2.57. The Morgan fingerprint density at radius 2 is 2.00 bits per heavy atom. The molecule has 0 N–H and O–H groups in total. The highest BCUT2D eigenvalue weighted by molar-refractivity contribution is 5.94. The van der Waals surface area contributed by atoms with Gasteiger partial charge in [0.05, 0.1) is 11.5 Å². The van der Waals surface area contributed by atoms with Crippen LogP contribution in [-0.4, -0.2) is 24.0 Å². The minimum Gasteiger partial charge on any atom is -0.477 e. The number of nitro groups is 1. The molecular formula is C11H12N2O3. The van der Waals surface area contributed by atoms with Gasteiger partial charge in [-0.15, -0.1) is 0 Å². The van der Waals surface area contributed by atoms with E-state index in [1.807, 2.05) is 0 Å². The Labute approximate surface area is 92.9 Å². The van der Waals surface area contributed by atoms with Gasteiger partial charge in [0, 0.05) is 24.2 Å². The van der Waals surface area contributed by atoms with E-state index in [0.29, 0.717) is 12.5 Å². The van der Waals surface area contributed by atoms with Gasteiger partial charge in [0.2, 0.25) is 5.90 Å². The highest BCUT2D eigenvalue weighted by Crippen LogP contribution is 2.14. The fourth-order valence-electron chi connectivity index (χ4n) is 1.51. The number of hydrogen-bond donors (Lipinski definition) is 0. The third-order valence-electron chi connectivity index (χ3n) is 2.37. The molecule has 0 aromatic heterocycles. The number of non-ortho nitro benzene ring substituents is 1. The van der Waals surface area contributed by atoms with Gasteiger partial charge in [-0.3, -0.25) is 15.1 Å². The van der Waals surface area contributed by atoms with Crippen molar-refractivity contribution in [1.29, 1.82) is 0 Å². The molecule has 0 unspecified atom stereocenters. The van der Waals surface area contributed by atoms with Crippen LogP contribution in [0.3, 0.4) is 0 Å². The summed E-state index contributed by atoms with van der Waals surface area (Å²) in [5.41, 5.74) is 0.880. The van der Waals surface area contributed by atoms with Crippen LogP contribution in [0.15, 0.2) is 29.3 Å². The van der Waals surface area contributed by atoms with Crippen LogP contribution in [0.2, 0.25) is 0 Å². The molecule has 0 bridgehead atoms. The van der Waals surface area contributed by atoms with E-state index < -0.39 is 4.92 Å². The monoisotopic (exact) mass is 220 g/mol. The first-order valence-electron chi connectivity index (χ1n) is 5.19. The van der Waals surface area contributed by atoms with Crippen LogP contribution in [0.25, 0.3) is 0 Å². The molecule has 0 aliphatic carbocycles. The molecule has 1 aromatic rings. The van der Waals surface area contributed by atoms with Crippen LogP contribution < -0.4 is 0 Å². The normalized spacial score (nSPS) is 15.9. The number of aliphatic imine (C=N–C) groups is 1. The van der Waals surface area contributed by atoms with Crippen molar-refractivity contribution in [3.05, 3.63) is 39.9 Å². The topological polar surface area (TPSA) is 64.7 Å². The van der Waals surface area contributed by atoms with E-state index in [0.717, 1.165) is 24.9 Å². The van der Waals surface area contributed by atoms with Crippen LogP contribution in [0.4, 0.5) is 5.69 Å². The Morgan fingerprint density at radius 1 is 1.25 bits per heavy atom. The number of rotatable bonds is 2. The number of nitro benzene ring substituents is 1. The molecule has 0 fully saturated rings. The maximum Gasteiger partial charge on any atom is 0.269 e. The van der Waals surface area contributed by atoms with Gasteiger partial charge in [-0.2, -0.15) is 0 Å². The summed E-state index contributed by atoms with van der Waals surface area (Å²) >= 11 is 0. The van der Waals surface area contributed by atoms with Crippen molar-refractivity contribution in [2.45, 2.75) is 12.8 Å². The van der Waals surface area contributed by atoms with Crippen molar-refractivity contribution >= 4 is 11.6 Å². The molecule has 1 aliphatic heterocycles.